The van der Waals surface area contributed by atoms with Crippen LogP contribution in [0.4, 0.5) is 15.9 Å². The summed E-state index contributed by atoms with van der Waals surface area (Å²) in [6.07, 6.45) is 1.45. The van der Waals surface area contributed by atoms with E-state index >= 15 is 0 Å². The monoisotopic (exact) mass is 526 g/mol. The zero-order valence-corrected chi connectivity index (χ0v) is 21.1. The van der Waals surface area contributed by atoms with Crippen LogP contribution >= 0.6 is 0 Å². The molecule has 0 saturated carbocycles. The van der Waals surface area contributed by atoms with Gasteiger partial charge in [-0.3, -0.25) is 19.4 Å². The molecule has 196 valence electrons. The van der Waals surface area contributed by atoms with Gasteiger partial charge in [-0.25, -0.2) is 9.07 Å². The predicted molar refractivity (Wildman–Crippen MR) is 142 cm³/mol. The van der Waals surface area contributed by atoms with E-state index in [9.17, 15) is 18.8 Å². The zero-order chi connectivity index (χ0) is 27.3. The molecule has 1 unspecified atom stereocenters. The van der Waals surface area contributed by atoms with E-state index in [-0.39, 0.29) is 47.6 Å². The molecule has 1 aliphatic heterocycles. The van der Waals surface area contributed by atoms with Gasteiger partial charge >= 0.3 is 0 Å². The van der Waals surface area contributed by atoms with Gasteiger partial charge in [0.15, 0.2) is 5.65 Å². The summed E-state index contributed by atoms with van der Waals surface area (Å²) >= 11 is 0. The van der Waals surface area contributed by atoms with Crippen molar-refractivity contribution in [2.75, 3.05) is 16.8 Å². The van der Waals surface area contributed by atoms with Crippen LogP contribution in [-0.2, 0) is 9.59 Å². The van der Waals surface area contributed by atoms with E-state index in [1.54, 1.807) is 17.9 Å². The van der Waals surface area contributed by atoms with Crippen LogP contribution in [0.5, 0.6) is 0 Å². The highest BCUT2D eigenvalue weighted by atomic mass is 19.1. The van der Waals surface area contributed by atoms with Crippen LogP contribution < -0.4 is 15.8 Å². The largest absolute Gasteiger partial charge is 0.311 e. The molecule has 3 aromatic heterocycles. The molecule has 5 aromatic rings. The highest BCUT2D eigenvalue weighted by Gasteiger charge is 2.36. The van der Waals surface area contributed by atoms with Gasteiger partial charge in [0, 0.05) is 24.7 Å². The van der Waals surface area contributed by atoms with Gasteiger partial charge in [0.1, 0.15) is 17.0 Å². The van der Waals surface area contributed by atoms with Crippen LogP contribution in [0.25, 0.3) is 22.7 Å². The van der Waals surface area contributed by atoms with Crippen molar-refractivity contribution in [2.45, 2.75) is 20.3 Å². The fourth-order valence-corrected chi connectivity index (χ4v) is 4.74. The number of aryl methyl sites for hydroxylation is 2. The third kappa shape index (κ3) is 4.35. The number of rotatable bonds is 5. The lowest BCUT2D eigenvalue weighted by atomic mass is 10.1. The number of benzene rings is 2. The molecule has 1 fully saturated rings. The minimum atomic E-state index is -0.574. The summed E-state index contributed by atoms with van der Waals surface area (Å²) < 4.78 is 16.2. The molecule has 1 atom stereocenters. The Kier molecular flexibility index (Phi) is 5.78. The molecule has 0 radical (unpaired) electrons. The maximum atomic E-state index is 13.4. The number of amides is 2. The van der Waals surface area contributed by atoms with Crippen molar-refractivity contribution >= 4 is 34.4 Å². The molecule has 0 spiro atoms. The first-order valence-corrected chi connectivity index (χ1v) is 12.3. The van der Waals surface area contributed by atoms with Gasteiger partial charge in [-0.1, -0.05) is 18.2 Å². The van der Waals surface area contributed by atoms with Gasteiger partial charge in [-0.15, -0.1) is 0 Å². The minimum absolute atomic E-state index is 0.0591. The van der Waals surface area contributed by atoms with E-state index in [1.165, 1.54) is 39.8 Å². The van der Waals surface area contributed by atoms with E-state index < -0.39 is 17.3 Å². The quantitative estimate of drug-likeness (QED) is 0.362. The van der Waals surface area contributed by atoms with Gasteiger partial charge in [-0.2, -0.15) is 19.9 Å². The number of fused-ring (bicyclic) bond motifs is 1. The minimum Gasteiger partial charge on any atom is -0.311 e. The molecule has 4 heterocycles. The number of aromatic nitrogens is 6. The number of hydrogen-bond acceptors (Lipinski definition) is 6. The van der Waals surface area contributed by atoms with Crippen molar-refractivity contribution in [3.8, 4) is 11.6 Å². The maximum absolute atomic E-state index is 13.4. The second-order valence-corrected chi connectivity index (χ2v) is 9.42. The summed E-state index contributed by atoms with van der Waals surface area (Å²) in [6, 6.07) is 14.8. The van der Waals surface area contributed by atoms with E-state index in [0.29, 0.717) is 11.4 Å². The van der Waals surface area contributed by atoms with Crippen molar-refractivity contribution in [3.63, 3.8) is 0 Å². The Hall–Kier alpha value is -5.13. The molecule has 2 N–H and O–H groups in total. The van der Waals surface area contributed by atoms with Gasteiger partial charge in [-0.05, 0) is 49.7 Å². The molecule has 0 bridgehead atoms. The highest BCUT2D eigenvalue weighted by molar-refractivity contribution is 6.03. The van der Waals surface area contributed by atoms with Crippen LogP contribution in [0, 0.1) is 25.6 Å². The second kappa shape index (κ2) is 9.31. The molecule has 39 heavy (non-hydrogen) atoms. The Balaban J connectivity index is 1.31. The number of aromatic amines is 1. The van der Waals surface area contributed by atoms with Crippen LogP contribution in [0.15, 0.2) is 65.6 Å². The lowest BCUT2D eigenvalue weighted by Gasteiger charge is -2.19. The van der Waals surface area contributed by atoms with E-state index in [4.69, 9.17) is 0 Å². The normalized spacial score (nSPS) is 15.3. The number of nitrogens with zero attached hydrogens (tertiary/aromatic N) is 6. The van der Waals surface area contributed by atoms with E-state index in [2.05, 4.69) is 25.5 Å². The molecule has 2 amide bonds. The molecule has 6 rings (SSSR count). The summed E-state index contributed by atoms with van der Waals surface area (Å²) in [5.41, 5.74) is 2.61. The first-order chi connectivity index (χ1) is 18.8. The summed E-state index contributed by atoms with van der Waals surface area (Å²) in [7, 11) is 0. The molecule has 0 aliphatic carbocycles. The number of para-hydroxylation sites is 1. The van der Waals surface area contributed by atoms with Crippen LogP contribution in [-0.4, -0.2) is 47.9 Å². The van der Waals surface area contributed by atoms with Crippen molar-refractivity contribution < 1.29 is 14.0 Å². The van der Waals surface area contributed by atoms with Crippen LogP contribution in [0.2, 0.25) is 0 Å². The third-order valence-electron chi connectivity index (χ3n) is 6.68. The Morgan fingerprint density at radius 3 is 2.62 bits per heavy atom. The smallest absolute Gasteiger partial charge is 0.263 e. The molecule has 11 nitrogen and oxygen atoms in total. The van der Waals surface area contributed by atoms with Crippen LogP contribution in [0.1, 0.15) is 17.7 Å². The summed E-state index contributed by atoms with van der Waals surface area (Å²) in [5, 5.41) is 11.7. The molecular weight excluding hydrogens is 503 g/mol. The first-order valence-electron chi connectivity index (χ1n) is 12.3. The van der Waals surface area contributed by atoms with E-state index in [0.717, 1.165) is 11.3 Å². The molecule has 1 saturated heterocycles. The van der Waals surface area contributed by atoms with Crippen molar-refractivity contribution in [2.24, 2.45) is 5.92 Å². The Labute approximate surface area is 220 Å². The number of anilines is 2. The SMILES string of the molecule is Cc1cc(NC(=O)C2CC(=O)N(c3ccccc3C)C2)n(-c2nc3c(cnn3-c3ccc(F)cc3)c(=O)[nH]2)n1. The van der Waals surface area contributed by atoms with Gasteiger partial charge < -0.3 is 10.2 Å². The fraction of sp³-hybridized carbons (Fsp3) is 0.185. The summed E-state index contributed by atoms with van der Waals surface area (Å²) in [6.45, 7) is 3.91. The lowest BCUT2D eigenvalue weighted by molar-refractivity contribution is -0.122. The number of H-pyrrole nitrogens is 1. The Morgan fingerprint density at radius 1 is 1.08 bits per heavy atom. The zero-order valence-electron chi connectivity index (χ0n) is 21.1. The van der Waals surface area contributed by atoms with Crippen molar-refractivity contribution in [1.82, 2.24) is 29.5 Å². The van der Waals surface area contributed by atoms with Crippen molar-refractivity contribution in [1.29, 1.82) is 0 Å². The number of halogens is 1. The molecule has 1 aliphatic rings. The second-order valence-electron chi connectivity index (χ2n) is 9.42. The van der Waals surface area contributed by atoms with Gasteiger partial charge in [0.25, 0.3) is 5.56 Å². The molecular formula is C27H23FN8O3. The molecule has 12 heteroatoms. The standard InChI is InChI=1S/C27H23FN8O3/c1-15-5-3-4-6-21(15)34-14-17(12-23(34)37)25(38)30-22-11-16(2)33-36(22)27-31-24-20(26(39)32-27)13-29-35(24)19-9-7-18(28)8-10-19/h3-11,13,17H,12,14H2,1-2H3,(H,30,38)(H,31,32,39). The third-order valence-corrected chi connectivity index (χ3v) is 6.68. The van der Waals surface area contributed by atoms with E-state index in [1.807, 2.05) is 31.2 Å². The van der Waals surface area contributed by atoms with Gasteiger partial charge in [0.2, 0.25) is 17.8 Å². The highest BCUT2D eigenvalue weighted by Crippen LogP contribution is 2.29. The lowest BCUT2D eigenvalue weighted by Crippen LogP contribution is -2.29. The summed E-state index contributed by atoms with van der Waals surface area (Å²) in [5.74, 6) is -1.10. The van der Waals surface area contributed by atoms with Crippen LogP contribution in [0.3, 0.4) is 0 Å². The number of nitrogens with one attached hydrogen (secondary N) is 2. The predicted octanol–water partition coefficient (Wildman–Crippen LogP) is 3.04. The number of carbonyl (C=O) groups is 2. The first kappa shape index (κ1) is 24.2. The van der Waals surface area contributed by atoms with Crippen molar-refractivity contribution in [3.05, 3.63) is 88.2 Å². The topological polar surface area (TPSA) is 131 Å². The average molecular weight is 527 g/mol. The molecule has 2 aromatic carbocycles. The number of carbonyl (C=O) groups excluding carboxylic acids is 2. The summed E-state index contributed by atoms with van der Waals surface area (Å²) in [4.78, 5) is 47.7. The Bertz CT molecular complexity index is 1800. The fourth-order valence-electron chi connectivity index (χ4n) is 4.74. The average Bonchev–Trinajstić information content (AvgIpc) is 3.61. The van der Waals surface area contributed by atoms with Gasteiger partial charge in [0.05, 0.1) is 23.5 Å². The number of hydrogen-bond donors (Lipinski definition) is 2. The Morgan fingerprint density at radius 2 is 1.85 bits per heavy atom. The maximum Gasteiger partial charge on any atom is 0.263 e.